The lowest BCUT2D eigenvalue weighted by molar-refractivity contribution is 0.253. The van der Waals surface area contributed by atoms with Gasteiger partial charge in [0, 0.05) is 37.5 Å². The Morgan fingerprint density at radius 3 is 2.95 bits per heavy atom. The number of benzene rings is 1. The van der Waals surface area contributed by atoms with Gasteiger partial charge >= 0.3 is 0 Å². The largest absolute Gasteiger partial charge is 0.497 e. The summed E-state index contributed by atoms with van der Waals surface area (Å²) in [4.78, 5) is 4.75. The first-order chi connectivity index (χ1) is 9.24. The van der Waals surface area contributed by atoms with E-state index >= 15 is 0 Å². The summed E-state index contributed by atoms with van der Waals surface area (Å²) in [6.07, 6.45) is 1.96. The Bertz CT molecular complexity index is 397. The lowest BCUT2D eigenvalue weighted by Gasteiger charge is -2.32. The smallest absolute Gasteiger partial charge is 0.120 e. The van der Waals surface area contributed by atoms with Crippen molar-refractivity contribution in [2.45, 2.75) is 18.9 Å². The van der Waals surface area contributed by atoms with Crippen molar-refractivity contribution in [3.05, 3.63) is 24.3 Å². The molecule has 1 aromatic carbocycles. The Morgan fingerprint density at radius 1 is 1.37 bits per heavy atom. The Balaban J connectivity index is 2.21. The molecule has 106 valence electrons. The average molecular weight is 264 g/mol. The van der Waals surface area contributed by atoms with Crippen LogP contribution in [0.5, 0.6) is 5.75 Å². The summed E-state index contributed by atoms with van der Waals surface area (Å²) in [6.45, 7) is 3.38. The van der Waals surface area contributed by atoms with Crippen LogP contribution in [-0.4, -0.2) is 56.4 Å². The van der Waals surface area contributed by atoms with Crippen LogP contribution in [0.25, 0.3) is 0 Å². The van der Waals surface area contributed by atoms with Gasteiger partial charge in [0.15, 0.2) is 0 Å². The van der Waals surface area contributed by atoms with Crippen molar-refractivity contribution >= 4 is 5.69 Å². The van der Waals surface area contributed by atoms with E-state index in [2.05, 4.69) is 29.0 Å². The molecule has 1 aliphatic rings. The molecular weight excluding hydrogens is 240 g/mol. The second-order valence-corrected chi connectivity index (χ2v) is 5.18. The van der Waals surface area contributed by atoms with Gasteiger partial charge in [-0.15, -0.1) is 0 Å². The summed E-state index contributed by atoms with van der Waals surface area (Å²) in [5, 5.41) is 9.29. The quantitative estimate of drug-likeness (QED) is 0.896. The van der Waals surface area contributed by atoms with Crippen LogP contribution in [0.15, 0.2) is 24.3 Å². The van der Waals surface area contributed by atoms with Gasteiger partial charge in [0.25, 0.3) is 0 Å². The van der Waals surface area contributed by atoms with E-state index in [1.165, 1.54) is 5.69 Å². The molecule has 0 aliphatic carbocycles. The molecule has 19 heavy (non-hydrogen) atoms. The summed E-state index contributed by atoms with van der Waals surface area (Å²) in [5.41, 5.74) is 1.19. The van der Waals surface area contributed by atoms with Crippen molar-refractivity contribution in [3.63, 3.8) is 0 Å². The lowest BCUT2D eigenvalue weighted by Crippen LogP contribution is -2.41. The highest BCUT2D eigenvalue weighted by atomic mass is 16.5. The van der Waals surface area contributed by atoms with Gasteiger partial charge in [-0.05, 0) is 38.6 Å². The zero-order valence-electron chi connectivity index (χ0n) is 11.9. The Kier molecular flexibility index (Phi) is 5.05. The Morgan fingerprint density at radius 2 is 2.21 bits per heavy atom. The van der Waals surface area contributed by atoms with Crippen LogP contribution in [0.3, 0.4) is 0 Å². The summed E-state index contributed by atoms with van der Waals surface area (Å²) < 4.78 is 5.31. The number of hydrogen-bond donors (Lipinski definition) is 1. The molecular formula is C15H24N2O2. The van der Waals surface area contributed by atoms with Crippen molar-refractivity contribution in [1.82, 2.24) is 4.90 Å². The van der Waals surface area contributed by atoms with E-state index in [0.29, 0.717) is 6.04 Å². The second kappa shape index (κ2) is 6.78. The van der Waals surface area contributed by atoms with E-state index < -0.39 is 0 Å². The number of methoxy groups -OCH3 is 1. The molecule has 0 spiro atoms. The van der Waals surface area contributed by atoms with Crippen molar-refractivity contribution in [2.75, 3.05) is 45.3 Å². The number of ether oxygens (including phenoxy) is 1. The monoisotopic (exact) mass is 264 g/mol. The predicted octanol–water partition coefficient (Wildman–Crippen LogP) is 1.59. The molecule has 1 aromatic rings. The van der Waals surface area contributed by atoms with Crippen molar-refractivity contribution in [1.29, 1.82) is 0 Å². The fourth-order valence-electron chi connectivity index (χ4n) is 2.77. The fraction of sp³-hybridized carbons (Fsp3) is 0.600. The summed E-state index contributed by atoms with van der Waals surface area (Å²) in [7, 11) is 3.85. The highest BCUT2D eigenvalue weighted by Gasteiger charge is 2.23. The third kappa shape index (κ3) is 3.61. The standard InChI is InChI=1S/C15H24N2O2/c1-16-8-4-9-17(14(12-16)7-10-18)13-5-3-6-15(11-13)19-2/h3,5-6,11,14,18H,4,7-10,12H2,1-2H3. The van der Waals surface area contributed by atoms with Gasteiger partial charge in [0.1, 0.15) is 5.75 Å². The number of aliphatic hydroxyl groups excluding tert-OH is 1. The number of aliphatic hydroxyl groups is 1. The summed E-state index contributed by atoms with van der Waals surface area (Å²) >= 11 is 0. The van der Waals surface area contributed by atoms with E-state index in [4.69, 9.17) is 4.74 Å². The minimum absolute atomic E-state index is 0.235. The van der Waals surface area contributed by atoms with Gasteiger partial charge in [-0.3, -0.25) is 0 Å². The van der Waals surface area contributed by atoms with Gasteiger partial charge in [-0.1, -0.05) is 6.07 Å². The molecule has 4 heteroatoms. The molecule has 0 bridgehead atoms. The van der Waals surface area contributed by atoms with Gasteiger partial charge in [0.2, 0.25) is 0 Å². The van der Waals surface area contributed by atoms with Gasteiger partial charge in [-0.25, -0.2) is 0 Å². The van der Waals surface area contributed by atoms with Crippen LogP contribution in [0, 0.1) is 0 Å². The number of likely N-dealkylation sites (N-methyl/N-ethyl adjacent to an activating group) is 1. The summed E-state index contributed by atoms with van der Waals surface area (Å²) in [6, 6.07) is 8.56. The highest BCUT2D eigenvalue weighted by Crippen LogP contribution is 2.25. The third-order valence-electron chi connectivity index (χ3n) is 3.75. The third-order valence-corrected chi connectivity index (χ3v) is 3.75. The van der Waals surface area contributed by atoms with E-state index in [0.717, 1.165) is 38.2 Å². The normalized spacial score (nSPS) is 21.2. The maximum absolute atomic E-state index is 9.29. The zero-order chi connectivity index (χ0) is 13.7. The fourth-order valence-corrected chi connectivity index (χ4v) is 2.77. The number of rotatable bonds is 4. The molecule has 0 radical (unpaired) electrons. The molecule has 4 nitrogen and oxygen atoms in total. The average Bonchev–Trinajstić information content (AvgIpc) is 2.61. The molecule has 1 atom stereocenters. The van der Waals surface area contributed by atoms with Crippen molar-refractivity contribution in [2.24, 2.45) is 0 Å². The minimum Gasteiger partial charge on any atom is -0.497 e. The van der Waals surface area contributed by atoms with Gasteiger partial charge in [-0.2, -0.15) is 0 Å². The van der Waals surface area contributed by atoms with Gasteiger partial charge in [0.05, 0.1) is 7.11 Å². The number of nitrogens with zero attached hydrogens (tertiary/aromatic N) is 2. The molecule has 0 saturated carbocycles. The van der Waals surface area contributed by atoms with E-state index in [9.17, 15) is 5.11 Å². The molecule has 1 aliphatic heterocycles. The van der Waals surface area contributed by atoms with Gasteiger partial charge < -0.3 is 19.6 Å². The summed E-state index contributed by atoms with van der Waals surface area (Å²) in [5.74, 6) is 0.887. The number of hydrogen-bond acceptors (Lipinski definition) is 4. The first-order valence-electron chi connectivity index (χ1n) is 6.94. The van der Waals surface area contributed by atoms with Crippen LogP contribution in [-0.2, 0) is 0 Å². The van der Waals surface area contributed by atoms with Crippen LogP contribution in [0.2, 0.25) is 0 Å². The maximum Gasteiger partial charge on any atom is 0.120 e. The predicted molar refractivity (Wildman–Crippen MR) is 77.9 cm³/mol. The van der Waals surface area contributed by atoms with E-state index in [-0.39, 0.29) is 6.61 Å². The maximum atomic E-state index is 9.29. The van der Waals surface area contributed by atoms with Crippen LogP contribution in [0.1, 0.15) is 12.8 Å². The molecule has 1 heterocycles. The molecule has 1 fully saturated rings. The Labute approximate surface area is 115 Å². The van der Waals surface area contributed by atoms with Crippen LogP contribution in [0.4, 0.5) is 5.69 Å². The molecule has 1 saturated heterocycles. The van der Waals surface area contributed by atoms with E-state index in [1.54, 1.807) is 7.11 Å². The second-order valence-electron chi connectivity index (χ2n) is 5.18. The molecule has 1 N–H and O–H groups in total. The minimum atomic E-state index is 0.235. The number of anilines is 1. The SMILES string of the molecule is COc1cccc(N2CCCN(C)CC2CCO)c1. The Hall–Kier alpha value is -1.26. The van der Waals surface area contributed by atoms with Crippen molar-refractivity contribution < 1.29 is 9.84 Å². The first kappa shape index (κ1) is 14.2. The first-order valence-corrected chi connectivity index (χ1v) is 6.94. The highest BCUT2D eigenvalue weighted by molar-refractivity contribution is 5.51. The van der Waals surface area contributed by atoms with Crippen molar-refractivity contribution in [3.8, 4) is 5.75 Å². The topological polar surface area (TPSA) is 35.9 Å². The molecule has 0 amide bonds. The molecule has 0 aromatic heterocycles. The van der Waals surface area contributed by atoms with Crippen LogP contribution >= 0.6 is 0 Å². The molecule has 2 rings (SSSR count). The van der Waals surface area contributed by atoms with E-state index in [1.807, 2.05) is 12.1 Å². The zero-order valence-corrected chi connectivity index (χ0v) is 11.9. The van der Waals surface area contributed by atoms with Crippen LogP contribution < -0.4 is 9.64 Å². The lowest BCUT2D eigenvalue weighted by atomic mass is 10.1. The molecule has 1 unspecified atom stereocenters.